The van der Waals surface area contributed by atoms with Crippen LogP contribution in [0, 0.1) is 5.41 Å². The van der Waals surface area contributed by atoms with Crippen LogP contribution in [0.3, 0.4) is 0 Å². The molecule has 0 radical (unpaired) electrons. The van der Waals surface area contributed by atoms with Gasteiger partial charge in [-0.1, -0.05) is 44.9 Å². The number of nitrogens with zero attached hydrogens (tertiary/aromatic N) is 4. The van der Waals surface area contributed by atoms with Gasteiger partial charge in [-0.15, -0.1) is 10.2 Å². The van der Waals surface area contributed by atoms with Crippen LogP contribution in [-0.4, -0.2) is 25.9 Å². The summed E-state index contributed by atoms with van der Waals surface area (Å²) >= 11 is 1.63. The van der Waals surface area contributed by atoms with Gasteiger partial charge >= 0.3 is 0 Å². The maximum atomic E-state index is 6.26. The third kappa shape index (κ3) is 3.43. The van der Waals surface area contributed by atoms with Gasteiger partial charge in [-0.2, -0.15) is 9.61 Å². The average molecular weight is 307 g/mol. The smallest absolute Gasteiger partial charge is 0.234 e. The van der Waals surface area contributed by atoms with Crippen molar-refractivity contribution in [3.05, 3.63) is 10.8 Å². The molecule has 0 amide bonds. The fraction of sp³-hybridized carbons (Fsp3) is 0.800. The summed E-state index contributed by atoms with van der Waals surface area (Å²) in [4.78, 5) is 0.912. The Morgan fingerprint density at radius 3 is 2.67 bits per heavy atom. The fourth-order valence-electron chi connectivity index (χ4n) is 3.28. The van der Waals surface area contributed by atoms with Crippen LogP contribution in [0.2, 0.25) is 0 Å². The minimum absolute atomic E-state index is 0.156. The summed E-state index contributed by atoms with van der Waals surface area (Å²) in [6.45, 7) is 6.68. The summed E-state index contributed by atoms with van der Waals surface area (Å²) in [5.41, 5.74) is 6.52. The maximum absolute atomic E-state index is 6.26. The van der Waals surface area contributed by atoms with E-state index >= 15 is 0 Å². The Morgan fingerprint density at radius 2 is 2.00 bits per heavy atom. The van der Waals surface area contributed by atoms with Gasteiger partial charge in [0.25, 0.3) is 0 Å². The number of rotatable bonds is 4. The molecule has 1 aliphatic rings. The molecule has 1 aliphatic carbocycles. The first kappa shape index (κ1) is 14.9. The van der Waals surface area contributed by atoms with Crippen molar-refractivity contribution >= 4 is 16.3 Å². The van der Waals surface area contributed by atoms with Crippen LogP contribution in [0.5, 0.6) is 0 Å². The summed E-state index contributed by atoms with van der Waals surface area (Å²) < 4.78 is 1.96. The molecule has 2 aromatic rings. The molecular weight excluding hydrogens is 282 g/mol. The molecule has 2 heterocycles. The van der Waals surface area contributed by atoms with E-state index in [1.54, 1.807) is 11.3 Å². The van der Waals surface area contributed by atoms with E-state index in [9.17, 15) is 0 Å². The first-order valence-electron chi connectivity index (χ1n) is 7.89. The van der Waals surface area contributed by atoms with Crippen LogP contribution < -0.4 is 5.73 Å². The average Bonchev–Trinajstić information content (AvgIpc) is 2.99. The lowest BCUT2D eigenvalue weighted by molar-refractivity contribution is 0.338. The van der Waals surface area contributed by atoms with E-state index in [1.807, 2.05) is 4.52 Å². The van der Waals surface area contributed by atoms with Crippen LogP contribution in [0.15, 0.2) is 0 Å². The van der Waals surface area contributed by atoms with Crippen molar-refractivity contribution in [2.75, 3.05) is 0 Å². The maximum Gasteiger partial charge on any atom is 0.234 e. The van der Waals surface area contributed by atoms with Crippen LogP contribution in [-0.2, 0) is 6.42 Å². The highest BCUT2D eigenvalue weighted by atomic mass is 32.1. The van der Waals surface area contributed by atoms with Crippen LogP contribution in [0.1, 0.15) is 69.6 Å². The second-order valence-corrected chi connectivity index (χ2v) is 8.50. The van der Waals surface area contributed by atoms with Gasteiger partial charge in [0.05, 0.1) is 0 Å². The SMILES string of the molecule is CC(C)(C)CC(N)Cc1nn2c(C3CCCC3)nnc2s1. The Labute approximate surface area is 129 Å². The van der Waals surface area contributed by atoms with E-state index in [1.165, 1.54) is 25.7 Å². The molecule has 1 atom stereocenters. The van der Waals surface area contributed by atoms with Gasteiger partial charge in [0.2, 0.25) is 4.96 Å². The van der Waals surface area contributed by atoms with E-state index in [-0.39, 0.29) is 11.5 Å². The topological polar surface area (TPSA) is 69.1 Å². The standard InChI is InChI=1S/C15H25N5S/c1-15(2,3)9-11(16)8-12-19-20-13(10-6-4-5-7-10)17-18-14(20)21-12/h10-11H,4-9,16H2,1-3H3. The third-order valence-electron chi connectivity index (χ3n) is 4.09. The summed E-state index contributed by atoms with van der Waals surface area (Å²) in [6.07, 6.45) is 6.87. The zero-order valence-corrected chi connectivity index (χ0v) is 14.0. The molecule has 5 nitrogen and oxygen atoms in total. The molecule has 0 bridgehead atoms. The van der Waals surface area contributed by atoms with Gasteiger partial charge in [-0.05, 0) is 24.7 Å². The van der Waals surface area contributed by atoms with Crippen molar-refractivity contribution in [3.8, 4) is 0 Å². The van der Waals surface area contributed by atoms with Crippen molar-refractivity contribution in [2.24, 2.45) is 11.1 Å². The molecule has 116 valence electrons. The largest absolute Gasteiger partial charge is 0.327 e. The highest BCUT2D eigenvalue weighted by Crippen LogP contribution is 2.33. The normalized spacial score (nSPS) is 18.7. The highest BCUT2D eigenvalue weighted by Gasteiger charge is 2.24. The Kier molecular flexibility index (Phi) is 4.01. The number of hydrogen-bond donors (Lipinski definition) is 1. The third-order valence-corrected chi connectivity index (χ3v) is 5.01. The van der Waals surface area contributed by atoms with Gasteiger partial charge < -0.3 is 5.73 Å². The van der Waals surface area contributed by atoms with Crippen molar-refractivity contribution < 1.29 is 0 Å². The number of aromatic nitrogens is 4. The van der Waals surface area contributed by atoms with Gasteiger partial charge in [0.1, 0.15) is 5.01 Å². The molecule has 2 N–H and O–H groups in total. The molecule has 0 saturated heterocycles. The minimum atomic E-state index is 0.156. The van der Waals surface area contributed by atoms with Gasteiger partial charge in [-0.3, -0.25) is 0 Å². The molecule has 0 aliphatic heterocycles. The van der Waals surface area contributed by atoms with E-state index in [4.69, 9.17) is 10.8 Å². The molecule has 2 aromatic heterocycles. The quantitative estimate of drug-likeness (QED) is 0.942. The molecule has 1 saturated carbocycles. The second kappa shape index (κ2) is 5.65. The van der Waals surface area contributed by atoms with Crippen LogP contribution in [0.25, 0.3) is 4.96 Å². The molecule has 1 fully saturated rings. The predicted molar refractivity (Wildman–Crippen MR) is 85.6 cm³/mol. The first-order chi connectivity index (χ1) is 9.92. The Balaban J connectivity index is 1.75. The number of hydrogen-bond acceptors (Lipinski definition) is 5. The molecule has 6 heteroatoms. The summed E-state index contributed by atoms with van der Waals surface area (Å²) in [6, 6.07) is 0.156. The van der Waals surface area contributed by atoms with Crippen molar-refractivity contribution in [2.45, 2.75) is 71.3 Å². The summed E-state index contributed by atoms with van der Waals surface area (Å²) in [7, 11) is 0. The Bertz CT molecular complexity index is 603. The first-order valence-corrected chi connectivity index (χ1v) is 8.70. The van der Waals surface area contributed by atoms with Crippen molar-refractivity contribution in [3.63, 3.8) is 0 Å². The van der Waals surface area contributed by atoms with E-state index in [2.05, 4.69) is 31.0 Å². The molecule has 21 heavy (non-hydrogen) atoms. The highest BCUT2D eigenvalue weighted by molar-refractivity contribution is 7.16. The molecule has 0 spiro atoms. The van der Waals surface area contributed by atoms with Gasteiger partial charge in [0, 0.05) is 18.4 Å². The minimum Gasteiger partial charge on any atom is -0.327 e. The molecular formula is C15H25N5S. The predicted octanol–water partition coefficient (Wildman–Crippen LogP) is 3.15. The lowest BCUT2D eigenvalue weighted by Crippen LogP contribution is -2.28. The molecule has 3 rings (SSSR count). The van der Waals surface area contributed by atoms with Crippen molar-refractivity contribution in [1.29, 1.82) is 0 Å². The number of nitrogens with two attached hydrogens (primary N) is 1. The van der Waals surface area contributed by atoms with Gasteiger partial charge in [-0.25, -0.2) is 0 Å². The van der Waals surface area contributed by atoms with Crippen LogP contribution in [0.4, 0.5) is 0 Å². The van der Waals surface area contributed by atoms with E-state index < -0.39 is 0 Å². The molecule has 0 aromatic carbocycles. The fourth-order valence-corrected chi connectivity index (χ4v) is 4.21. The Hall–Kier alpha value is -1.01. The Morgan fingerprint density at radius 1 is 1.29 bits per heavy atom. The summed E-state index contributed by atoms with van der Waals surface area (Å²) in [5, 5.41) is 14.4. The number of fused-ring (bicyclic) bond motifs is 1. The second-order valence-electron chi connectivity index (χ2n) is 7.46. The monoisotopic (exact) mass is 307 g/mol. The lowest BCUT2D eigenvalue weighted by Gasteiger charge is -2.22. The lowest BCUT2D eigenvalue weighted by atomic mass is 9.87. The van der Waals surface area contributed by atoms with Crippen LogP contribution >= 0.6 is 11.3 Å². The van der Waals surface area contributed by atoms with Gasteiger partial charge in [0.15, 0.2) is 5.82 Å². The van der Waals surface area contributed by atoms with E-state index in [0.717, 1.165) is 28.6 Å². The summed E-state index contributed by atoms with van der Waals surface area (Å²) in [5.74, 6) is 1.59. The zero-order chi connectivity index (χ0) is 15.0. The van der Waals surface area contributed by atoms with Crippen molar-refractivity contribution in [1.82, 2.24) is 19.8 Å². The van der Waals surface area contributed by atoms with E-state index in [0.29, 0.717) is 5.92 Å². The molecule has 1 unspecified atom stereocenters. The zero-order valence-electron chi connectivity index (χ0n) is 13.2.